The standard InChI is InChI=1S/C16H24O/c1-13-4-8-15(9-5-13)16-10-6-14(7-11-16)3-2-12-17/h4-5,8-9,14,16-17H,2-3,6-7,10-12H2,1H3. The minimum atomic E-state index is 0.359. The minimum absolute atomic E-state index is 0.359. The Hall–Kier alpha value is -0.820. The highest BCUT2D eigenvalue weighted by atomic mass is 16.2. The zero-order chi connectivity index (χ0) is 12.1. The summed E-state index contributed by atoms with van der Waals surface area (Å²) in [5.74, 6) is 1.64. The van der Waals surface area contributed by atoms with Crippen LogP contribution in [0.25, 0.3) is 0 Å². The summed E-state index contributed by atoms with van der Waals surface area (Å²) in [5.41, 5.74) is 2.88. The van der Waals surface area contributed by atoms with Crippen molar-refractivity contribution in [3.63, 3.8) is 0 Å². The van der Waals surface area contributed by atoms with Gasteiger partial charge in [-0.1, -0.05) is 29.8 Å². The van der Waals surface area contributed by atoms with Crippen molar-refractivity contribution in [3.05, 3.63) is 35.4 Å². The highest BCUT2D eigenvalue weighted by Gasteiger charge is 2.21. The molecule has 0 amide bonds. The third-order valence-electron chi connectivity index (χ3n) is 4.17. The van der Waals surface area contributed by atoms with E-state index in [1.165, 1.54) is 43.2 Å². The summed E-state index contributed by atoms with van der Waals surface area (Å²) in [4.78, 5) is 0. The van der Waals surface area contributed by atoms with Gasteiger partial charge in [-0.05, 0) is 62.8 Å². The van der Waals surface area contributed by atoms with Gasteiger partial charge in [0.05, 0.1) is 0 Å². The Balaban J connectivity index is 1.84. The number of hydrogen-bond acceptors (Lipinski definition) is 1. The van der Waals surface area contributed by atoms with E-state index in [9.17, 15) is 0 Å². The summed E-state index contributed by atoms with van der Waals surface area (Å²) < 4.78 is 0. The summed E-state index contributed by atoms with van der Waals surface area (Å²) in [6, 6.07) is 9.06. The molecule has 1 aliphatic carbocycles. The third kappa shape index (κ3) is 3.57. The molecule has 0 radical (unpaired) electrons. The van der Waals surface area contributed by atoms with Gasteiger partial charge in [0, 0.05) is 6.61 Å². The van der Waals surface area contributed by atoms with E-state index in [4.69, 9.17) is 5.11 Å². The highest BCUT2D eigenvalue weighted by Crippen LogP contribution is 2.37. The molecule has 0 aromatic heterocycles. The number of benzene rings is 1. The summed E-state index contributed by atoms with van der Waals surface area (Å²) in [5, 5.41) is 8.85. The van der Waals surface area contributed by atoms with Crippen LogP contribution in [-0.2, 0) is 0 Å². The van der Waals surface area contributed by atoms with Crippen LogP contribution in [0.5, 0.6) is 0 Å². The maximum Gasteiger partial charge on any atom is 0.0431 e. The molecule has 17 heavy (non-hydrogen) atoms. The van der Waals surface area contributed by atoms with E-state index in [2.05, 4.69) is 31.2 Å². The molecular weight excluding hydrogens is 208 g/mol. The molecule has 1 fully saturated rings. The van der Waals surface area contributed by atoms with Gasteiger partial charge < -0.3 is 5.11 Å². The molecule has 0 spiro atoms. The molecule has 0 bridgehead atoms. The van der Waals surface area contributed by atoms with Crippen LogP contribution >= 0.6 is 0 Å². The average Bonchev–Trinajstić information content (AvgIpc) is 2.38. The fourth-order valence-electron chi connectivity index (χ4n) is 3.00. The first-order valence-corrected chi connectivity index (χ1v) is 6.97. The van der Waals surface area contributed by atoms with Crippen LogP contribution in [0.3, 0.4) is 0 Å². The lowest BCUT2D eigenvalue weighted by Gasteiger charge is -2.28. The van der Waals surface area contributed by atoms with E-state index in [1.807, 2.05) is 0 Å². The number of rotatable bonds is 4. The van der Waals surface area contributed by atoms with Gasteiger partial charge in [-0.3, -0.25) is 0 Å². The molecule has 0 heterocycles. The molecule has 1 N–H and O–H groups in total. The van der Waals surface area contributed by atoms with Crippen molar-refractivity contribution in [2.75, 3.05) is 6.61 Å². The third-order valence-corrected chi connectivity index (χ3v) is 4.17. The first kappa shape index (κ1) is 12.6. The Morgan fingerprint density at radius 3 is 2.29 bits per heavy atom. The predicted octanol–water partition coefficient (Wildman–Crippen LogP) is 4.04. The second-order valence-corrected chi connectivity index (χ2v) is 5.49. The zero-order valence-electron chi connectivity index (χ0n) is 10.9. The molecule has 1 aliphatic rings. The van der Waals surface area contributed by atoms with Crippen LogP contribution in [0.1, 0.15) is 55.6 Å². The maximum atomic E-state index is 8.85. The Morgan fingerprint density at radius 2 is 1.71 bits per heavy atom. The molecule has 0 atom stereocenters. The van der Waals surface area contributed by atoms with E-state index in [0.717, 1.165) is 18.3 Å². The Labute approximate surface area is 105 Å². The van der Waals surface area contributed by atoms with Gasteiger partial charge in [0.1, 0.15) is 0 Å². The first-order valence-electron chi connectivity index (χ1n) is 6.97. The van der Waals surface area contributed by atoms with Crippen molar-refractivity contribution in [2.45, 2.75) is 51.4 Å². The highest BCUT2D eigenvalue weighted by molar-refractivity contribution is 5.24. The molecular formula is C16H24O. The fourth-order valence-corrected chi connectivity index (χ4v) is 3.00. The number of aryl methyl sites for hydroxylation is 1. The number of hydrogen-bond donors (Lipinski definition) is 1. The quantitative estimate of drug-likeness (QED) is 0.830. The molecule has 2 rings (SSSR count). The zero-order valence-corrected chi connectivity index (χ0v) is 10.9. The Bertz CT molecular complexity index is 320. The molecule has 0 saturated heterocycles. The Kier molecular flexibility index (Phi) is 4.61. The lowest BCUT2D eigenvalue weighted by molar-refractivity contribution is 0.246. The fraction of sp³-hybridized carbons (Fsp3) is 0.625. The smallest absolute Gasteiger partial charge is 0.0431 e. The molecule has 1 saturated carbocycles. The van der Waals surface area contributed by atoms with Crippen molar-refractivity contribution >= 4 is 0 Å². The van der Waals surface area contributed by atoms with Gasteiger partial charge >= 0.3 is 0 Å². The molecule has 1 aromatic rings. The summed E-state index contributed by atoms with van der Waals surface area (Å²) in [7, 11) is 0. The minimum Gasteiger partial charge on any atom is -0.396 e. The second-order valence-electron chi connectivity index (χ2n) is 5.49. The van der Waals surface area contributed by atoms with Crippen molar-refractivity contribution in [3.8, 4) is 0 Å². The summed E-state index contributed by atoms with van der Waals surface area (Å²) in [6.45, 7) is 2.51. The van der Waals surface area contributed by atoms with Gasteiger partial charge in [0.15, 0.2) is 0 Å². The number of aliphatic hydroxyl groups is 1. The van der Waals surface area contributed by atoms with Crippen molar-refractivity contribution < 1.29 is 5.11 Å². The molecule has 0 aliphatic heterocycles. The molecule has 1 heteroatoms. The van der Waals surface area contributed by atoms with Crippen molar-refractivity contribution in [1.82, 2.24) is 0 Å². The predicted molar refractivity (Wildman–Crippen MR) is 72.2 cm³/mol. The van der Waals surface area contributed by atoms with E-state index in [-0.39, 0.29) is 0 Å². The largest absolute Gasteiger partial charge is 0.396 e. The van der Waals surface area contributed by atoms with E-state index < -0.39 is 0 Å². The van der Waals surface area contributed by atoms with E-state index >= 15 is 0 Å². The topological polar surface area (TPSA) is 20.2 Å². The molecule has 94 valence electrons. The van der Waals surface area contributed by atoms with Crippen LogP contribution in [0.15, 0.2) is 24.3 Å². The van der Waals surface area contributed by atoms with Crippen LogP contribution in [-0.4, -0.2) is 11.7 Å². The summed E-state index contributed by atoms with van der Waals surface area (Å²) in [6.07, 6.45) is 7.56. The summed E-state index contributed by atoms with van der Waals surface area (Å²) >= 11 is 0. The monoisotopic (exact) mass is 232 g/mol. The average molecular weight is 232 g/mol. The maximum absolute atomic E-state index is 8.85. The van der Waals surface area contributed by atoms with Crippen LogP contribution in [0.2, 0.25) is 0 Å². The van der Waals surface area contributed by atoms with Gasteiger partial charge in [0.2, 0.25) is 0 Å². The van der Waals surface area contributed by atoms with Crippen LogP contribution in [0.4, 0.5) is 0 Å². The van der Waals surface area contributed by atoms with Gasteiger partial charge in [-0.2, -0.15) is 0 Å². The van der Waals surface area contributed by atoms with Gasteiger partial charge in [-0.15, -0.1) is 0 Å². The lowest BCUT2D eigenvalue weighted by atomic mass is 9.77. The van der Waals surface area contributed by atoms with Crippen LogP contribution in [0, 0.1) is 12.8 Å². The normalized spacial score (nSPS) is 24.8. The number of aliphatic hydroxyl groups excluding tert-OH is 1. The van der Waals surface area contributed by atoms with Gasteiger partial charge in [0.25, 0.3) is 0 Å². The lowest BCUT2D eigenvalue weighted by Crippen LogP contribution is -2.13. The van der Waals surface area contributed by atoms with E-state index in [0.29, 0.717) is 6.61 Å². The first-order chi connectivity index (χ1) is 8.29. The molecule has 1 aromatic carbocycles. The Morgan fingerprint density at radius 1 is 1.06 bits per heavy atom. The SMILES string of the molecule is Cc1ccc(C2CCC(CCCO)CC2)cc1. The van der Waals surface area contributed by atoms with Gasteiger partial charge in [-0.25, -0.2) is 0 Å². The van der Waals surface area contributed by atoms with E-state index in [1.54, 1.807) is 0 Å². The van der Waals surface area contributed by atoms with Crippen molar-refractivity contribution in [2.24, 2.45) is 5.92 Å². The molecule has 0 unspecified atom stereocenters. The molecule has 1 nitrogen and oxygen atoms in total. The van der Waals surface area contributed by atoms with Crippen LogP contribution < -0.4 is 0 Å². The van der Waals surface area contributed by atoms with Crippen molar-refractivity contribution in [1.29, 1.82) is 0 Å². The second kappa shape index (κ2) is 6.20.